The summed E-state index contributed by atoms with van der Waals surface area (Å²) in [5, 5.41) is 11.3. The van der Waals surface area contributed by atoms with Crippen molar-refractivity contribution in [2.24, 2.45) is 0 Å². The highest BCUT2D eigenvalue weighted by Gasteiger charge is 2.34. The van der Waals surface area contributed by atoms with E-state index >= 15 is 0 Å². The van der Waals surface area contributed by atoms with Gasteiger partial charge < -0.3 is 5.11 Å². The van der Waals surface area contributed by atoms with Crippen LogP contribution in [0.25, 0.3) is 0 Å². The minimum atomic E-state index is -0.731. The third-order valence-corrected chi connectivity index (χ3v) is 5.10. The molecule has 1 N–H and O–H groups in total. The first-order valence-electron chi connectivity index (χ1n) is 5.82. The second-order valence-corrected chi connectivity index (χ2v) is 7.15. The van der Waals surface area contributed by atoms with Crippen LogP contribution in [0, 0.1) is 0 Å². The Hall–Kier alpha value is -0.0600. The van der Waals surface area contributed by atoms with Gasteiger partial charge in [0.15, 0.2) is 0 Å². The number of aromatic nitrogens is 1. The molecular formula is C12H19NOS2. The molecule has 16 heavy (non-hydrogen) atoms. The van der Waals surface area contributed by atoms with Crippen LogP contribution in [0.3, 0.4) is 0 Å². The average Bonchev–Trinajstić information content (AvgIpc) is 2.94. The van der Waals surface area contributed by atoms with E-state index in [4.69, 9.17) is 4.98 Å². The molecule has 0 amide bonds. The summed E-state index contributed by atoms with van der Waals surface area (Å²) in [6.45, 7) is 5.89. The number of thiazole rings is 1. The minimum absolute atomic E-state index is 0.623. The van der Waals surface area contributed by atoms with Crippen LogP contribution in [0.5, 0.6) is 0 Å². The van der Waals surface area contributed by atoms with Gasteiger partial charge in [-0.05, 0) is 32.4 Å². The van der Waals surface area contributed by atoms with E-state index in [1.54, 1.807) is 11.3 Å². The molecule has 1 aliphatic carbocycles. The molecule has 0 atom stereocenters. The van der Waals surface area contributed by atoms with E-state index in [9.17, 15) is 5.11 Å². The summed E-state index contributed by atoms with van der Waals surface area (Å²) in [6, 6.07) is 0. The quantitative estimate of drug-likeness (QED) is 0.876. The van der Waals surface area contributed by atoms with Crippen molar-refractivity contribution in [2.45, 2.75) is 50.9 Å². The molecule has 1 fully saturated rings. The molecule has 1 aromatic rings. The molecule has 1 heterocycles. The van der Waals surface area contributed by atoms with Gasteiger partial charge in [0.05, 0.1) is 16.2 Å². The standard InChI is InChI=1S/C12H19NOS2/c1-4-15-7-9-13-10(8-5-6-8)11(16-9)12(2,3)14/h8,14H,4-7H2,1-3H3. The lowest BCUT2D eigenvalue weighted by atomic mass is 10.0. The van der Waals surface area contributed by atoms with Gasteiger partial charge in [0.1, 0.15) is 5.01 Å². The first kappa shape index (κ1) is 12.4. The van der Waals surface area contributed by atoms with Crippen molar-refractivity contribution in [2.75, 3.05) is 5.75 Å². The van der Waals surface area contributed by atoms with E-state index in [-0.39, 0.29) is 0 Å². The zero-order valence-electron chi connectivity index (χ0n) is 10.1. The fourth-order valence-electron chi connectivity index (χ4n) is 1.70. The van der Waals surface area contributed by atoms with Crippen LogP contribution in [-0.4, -0.2) is 15.8 Å². The highest BCUT2D eigenvalue weighted by molar-refractivity contribution is 7.98. The lowest BCUT2D eigenvalue weighted by Gasteiger charge is -2.16. The van der Waals surface area contributed by atoms with Gasteiger partial charge in [0.25, 0.3) is 0 Å². The van der Waals surface area contributed by atoms with E-state index in [0.717, 1.165) is 16.4 Å². The van der Waals surface area contributed by atoms with Crippen LogP contribution >= 0.6 is 23.1 Å². The molecule has 0 spiro atoms. The maximum Gasteiger partial charge on any atom is 0.103 e. The van der Waals surface area contributed by atoms with Crippen LogP contribution in [0.15, 0.2) is 0 Å². The van der Waals surface area contributed by atoms with Crippen molar-refractivity contribution in [3.05, 3.63) is 15.6 Å². The van der Waals surface area contributed by atoms with Crippen LogP contribution in [0.1, 0.15) is 55.1 Å². The summed E-state index contributed by atoms with van der Waals surface area (Å²) in [5.41, 5.74) is 0.439. The van der Waals surface area contributed by atoms with Crippen LogP contribution in [0.4, 0.5) is 0 Å². The largest absolute Gasteiger partial charge is 0.385 e. The van der Waals surface area contributed by atoms with Crippen molar-refractivity contribution >= 4 is 23.1 Å². The van der Waals surface area contributed by atoms with Crippen molar-refractivity contribution < 1.29 is 5.11 Å². The highest BCUT2D eigenvalue weighted by Crippen LogP contribution is 2.45. The average molecular weight is 257 g/mol. The van der Waals surface area contributed by atoms with Gasteiger partial charge in [-0.2, -0.15) is 11.8 Å². The topological polar surface area (TPSA) is 33.1 Å². The Morgan fingerprint density at radius 2 is 2.19 bits per heavy atom. The maximum atomic E-state index is 10.1. The first-order valence-corrected chi connectivity index (χ1v) is 7.79. The van der Waals surface area contributed by atoms with Gasteiger partial charge in [-0.15, -0.1) is 11.3 Å². The zero-order valence-corrected chi connectivity index (χ0v) is 11.7. The second-order valence-electron chi connectivity index (χ2n) is 4.79. The Bertz CT molecular complexity index is 364. The number of hydrogen-bond acceptors (Lipinski definition) is 4. The molecule has 4 heteroatoms. The van der Waals surface area contributed by atoms with E-state index in [1.165, 1.54) is 23.5 Å². The van der Waals surface area contributed by atoms with Crippen molar-refractivity contribution in [1.82, 2.24) is 4.98 Å². The smallest absolute Gasteiger partial charge is 0.103 e. The molecule has 2 rings (SSSR count). The van der Waals surface area contributed by atoms with Crippen molar-refractivity contribution in [3.8, 4) is 0 Å². The lowest BCUT2D eigenvalue weighted by molar-refractivity contribution is 0.0813. The fraction of sp³-hybridized carbons (Fsp3) is 0.750. The zero-order chi connectivity index (χ0) is 11.8. The van der Waals surface area contributed by atoms with E-state index in [2.05, 4.69) is 6.92 Å². The summed E-state index contributed by atoms with van der Waals surface area (Å²) in [5.74, 6) is 2.73. The van der Waals surface area contributed by atoms with Crippen LogP contribution < -0.4 is 0 Å². The Morgan fingerprint density at radius 3 is 2.69 bits per heavy atom. The molecule has 0 aliphatic heterocycles. The predicted octanol–water partition coefficient (Wildman–Crippen LogP) is 3.50. The van der Waals surface area contributed by atoms with Gasteiger partial charge in [-0.25, -0.2) is 4.98 Å². The summed E-state index contributed by atoms with van der Waals surface area (Å²) in [7, 11) is 0. The van der Waals surface area contributed by atoms with Gasteiger partial charge >= 0.3 is 0 Å². The molecule has 0 saturated heterocycles. The minimum Gasteiger partial charge on any atom is -0.385 e. The van der Waals surface area contributed by atoms with Gasteiger partial charge in [-0.1, -0.05) is 6.92 Å². The molecule has 0 aromatic carbocycles. The molecule has 0 bridgehead atoms. The number of aliphatic hydroxyl groups is 1. The van der Waals surface area contributed by atoms with E-state index in [0.29, 0.717) is 5.92 Å². The predicted molar refractivity (Wildman–Crippen MR) is 71.2 cm³/mol. The molecular weight excluding hydrogens is 238 g/mol. The van der Waals surface area contributed by atoms with Crippen molar-refractivity contribution in [1.29, 1.82) is 0 Å². The number of nitrogens with zero attached hydrogens (tertiary/aromatic N) is 1. The Kier molecular flexibility index (Phi) is 3.62. The fourth-order valence-corrected chi connectivity index (χ4v) is 3.58. The van der Waals surface area contributed by atoms with Gasteiger partial charge in [0, 0.05) is 11.7 Å². The molecule has 0 unspecified atom stereocenters. The summed E-state index contributed by atoms with van der Waals surface area (Å²) in [4.78, 5) is 5.80. The van der Waals surface area contributed by atoms with Crippen molar-refractivity contribution in [3.63, 3.8) is 0 Å². The summed E-state index contributed by atoms with van der Waals surface area (Å²) < 4.78 is 0. The van der Waals surface area contributed by atoms with Crippen LogP contribution in [-0.2, 0) is 11.4 Å². The molecule has 2 nitrogen and oxygen atoms in total. The molecule has 1 aromatic heterocycles. The number of thioether (sulfide) groups is 1. The van der Waals surface area contributed by atoms with Gasteiger partial charge in [-0.3, -0.25) is 0 Å². The first-order chi connectivity index (χ1) is 7.52. The third-order valence-electron chi connectivity index (χ3n) is 2.65. The normalized spacial score (nSPS) is 16.8. The molecule has 90 valence electrons. The van der Waals surface area contributed by atoms with E-state index < -0.39 is 5.60 Å². The number of rotatable bonds is 5. The molecule has 1 saturated carbocycles. The Balaban J connectivity index is 2.23. The van der Waals surface area contributed by atoms with Crippen LogP contribution in [0.2, 0.25) is 0 Å². The maximum absolute atomic E-state index is 10.1. The third kappa shape index (κ3) is 2.79. The molecule has 0 radical (unpaired) electrons. The number of hydrogen-bond donors (Lipinski definition) is 1. The SMILES string of the molecule is CCSCc1nc(C2CC2)c(C(C)(C)O)s1. The Labute approximate surface area is 105 Å². The monoisotopic (exact) mass is 257 g/mol. The second kappa shape index (κ2) is 4.67. The van der Waals surface area contributed by atoms with Gasteiger partial charge in [0.2, 0.25) is 0 Å². The summed E-state index contributed by atoms with van der Waals surface area (Å²) >= 11 is 3.59. The Morgan fingerprint density at radius 1 is 1.50 bits per heavy atom. The molecule has 1 aliphatic rings. The summed E-state index contributed by atoms with van der Waals surface area (Å²) in [6.07, 6.45) is 2.49. The highest BCUT2D eigenvalue weighted by atomic mass is 32.2. The van der Waals surface area contributed by atoms with E-state index in [1.807, 2.05) is 25.6 Å². The lowest BCUT2D eigenvalue weighted by Crippen LogP contribution is -2.15.